The fourth-order valence-corrected chi connectivity index (χ4v) is 1.83. The number of carbonyl (C=O) groups is 2. The molecule has 0 saturated carbocycles. The second-order valence-electron chi connectivity index (χ2n) is 4.09. The maximum Gasteiger partial charge on any atom is 0.330 e. The van der Waals surface area contributed by atoms with Crippen molar-refractivity contribution in [3.8, 4) is 0 Å². The van der Waals surface area contributed by atoms with E-state index in [1.807, 2.05) is 18.2 Å². The van der Waals surface area contributed by atoms with Gasteiger partial charge in [0.2, 0.25) is 0 Å². The Labute approximate surface area is 113 Å². The maximum atomic E-state index is 11.5. The molecule has 0 heterocycles. The fourth-order valence-electron chi connectivity index (χ4n) is 1.83. The number of nitrogens with zero attached hydrogens (tertiary/aromatic N) is 2. The van der Waals surface area contributed by atoms with E-state index in [9.17, 15) is 9.59 Å². The number of hydroxylamine groups is 1. The summed E-state index contributed by atoms with van der Waals surface area (Å²) in [6.07, 6.45) is 0. The summed E-state index contributed by atoms with van der Waals surface area (Å²) >= 11 is 0. The van der Waals surface area contributed by atoms with Gasteiger partial charge >= 0.3 is 5.97 Å². The second-order valence-corrected chi connectivity index (χ2v) is 4.09. The van der Waals surface area contributed by atoms with Crippen molar-refractivity contribution in [3.63, 3.8) is 0 Å². The number of anilines is 2. The molecule has 0 fully saturated rings. The molecule has 0 unspecified atom stereocenters. The van der Waals surface area contributed by atoms with Gasteiger partial charge in [0, 0.05) is 32.6 Å². The van der Waals surface area contributed by atoms with Crippen LogP contribution < -0.4 is 9.96 Å². The zero-order valence-corrected chi connectivity index (χ0v) is 11.8. The molecule has 1 aromatic rings. The summed E-state index contributed by atoms with van der Waals surface area (Å²) in [5.41, 5.74) is 1.54. The van der Waals surface area contributed by atoms with E-state index in [2.05, 4.69) is 18.7 Å². The Balaban J connectivity index is 3.07. The highest BCUT2D eigenvalue weighted by Crippen LogP contribution is 2.23. The third-order valence-corrected chi connectivity index (χ3v) is 2.70. The summed E-state index contributed by atoms with van der Waals surface area (Å²) in [5.74, 6) is -0.865. The van der Waals surface area contributed by atoms with Crippen molar-refractivity contribution >= 4 is 23.3 Å². The Morgan fingerprint density at radius 3 is 2.16 bits per heavy atom. The molecule has 19 heavy (non-hydrogen) atoms. The van der Waals surface area contributed by atoms with Gasteiger partial charge < -0.3 is 9.74 Å². The third-order valence-electron chi connectivity index (χ3n) is 2.70. The molecule has 104 valence electrons. The minimum absolute atomic E-state index is 0.341. The molecule has 0 atom stereocenters. The molecule has 1 aromatic carbocycles. The van der Waals surface area contributed by atoms with Crippen molar-refractivity contribution in [2.24, 2.45) is 0 Å². The van der Waals surface area contributed by atoms with Crippen molar-refractivity contribution in [2.45, 2.75) is 27.7 Å². The number of carbonyl (C=O) groups excluding carboxylic acids is 2. The van der Waals surface area contributed by atoms with Gasteiger partial charge in [-0.25, -0.2) is 4.79 Å². The molecular weight excluding hydrogens is 244 g/mol. The van der Waals surface area contributed by atoms with Crippen molar-refractivity contribution in [2.75, 3.05) is 23.1 Å². The highest BCUT2D eigenvalue weighted by atomic mass is 16.7. The number of rotatable bonds is 4. The average Bonchev–Trinajstić information content (AvgIpc) is 2.37. The number of amides is 1. The Morgan fingerprint density at radius 1 is 1.11 bits per heavy atom. The summed E-state index contributed by atoms with van der Waals surface area (Å²) in [6.45, 7) is 8.48. The molecule has 5 heteroatoms. The van der Waals surface area contributed by atoms with E-state index >= 15 is 0 Å². The molecule has 5 nitrogen and oxygen atoms in total. The van der Waals surface area contributed by atoms with Crippen LogP contribution in [0.2, 0.25) is 0 Å². The van der Waals surface area contributed by atoms with Crippen molar-refractivity contribution in [1.29, 1.82) is 0 Å². The Hall–Kier alpha value is -2.04. The van der Waals surface area contributed by atoms with Crippen molar-refractivity contribution in [3.05, 3.63) is 24.3 Å². The van der Waals surface area contributed by atoms with Gasteiger partial charge in [0.1, 0.15) is 0 Å². The summed E-state index contributed by atoms with van der Waals surface area (Å²) in [6, 6.07) is 7.36. The smallest absolute Gasteiger partial charge is 0.330 e. The predicted molar refractivity (Wildman–Crippen MR) is 74.9 cm³/mol. The van der Waals surface area contributed by atoms with Gasteiger partial charge in [-0.2, -0.15) is 0 Å². The van der Waals surface area contributed by atoms with E-state index in [-0.39, 0.29) is 5.91 Å². The highest BCUT2D eigenvalue weighted by Gasteiger charge is 2.16. The minimum atomic E-state index is -0.525. The van der Waals surface area contributed by atoms with E-state index in [0.29, 0.717) is 5.69 Å². The van der Waals surface area contributed by atoms with Crippen LogP contribution in [0.25, 0.3) is 0 Å². The highest BCUT2D eigenvalue weighted by molar-refractivity contribution is 5.91. The van der Waals surface area contributed by atoms with E-state index in [1.165, 1.54) is 13.8 Å². The Morgan fingerprint density at radius 2 is 1.68 bits per heavy atom. The molecule has 0 aliphatic carbocycles. The van der Waals surface area contributed by atoms with Crippen LogP contribution >= 0.6 is 0 Å². The van der Waals surface area contributed by atoms with Crippen LogP contribution in [0, 0.1) is 0 Å². The molecule has 0 N–H and O–H groups in total. The fraction of sp³-hybridized carbons (Fsp3) is 0.429. The third kappa shape index (κ3) is 3.98. The molecule has 0 aliphatic rings. The van der Waals surface area contributed by atoms with Crippen LogP contribution in [0.1, 0.15) is 27.7 Å². The maximum absolute atomic E-state index is 11.5. The van der Waals surface area contributed by atoms with Gasteiger partial charge in [0.05, 0.1) is 5.69 Å². The first-order valence-electron chi connectivity index (χ1n) is 6.33. The van der Waals surface area contributed by atoms with Gasteiger partial charge in [0.15, 0.2) is 0 Å². The second kappa shape index (κ2) is 6.78. The Bertz CT molecular complexity index is 456. The van der Waals surface area contributed by atoms with Crippen LogP contribution in [0.4, 0.5) is 11.4 Å². The summed E-state index contributed by atoms with van der Waals surface area (Å²) in [7, 11) is 0. The van der Waals surface area contributed by atoms with E-state index < -0.39 is 5.97 Å². The van der Waals surface area contributed by atoms with Gasteiger partial charge in [-0.15, -0.1) is 5.06 Å². The standard InChI is InChI=1S/C14H20N2O3/c1-5-15(6-2)13-8-7-9-14(10-13)16(11(3)17)19-12(4)18/h7-10H,5-6H2,1-4H3. The van der Waals surface area contributed by atoms with Crippen LogP contribution in [-0.4, -0.2) is 25.0 Å². The van der Waals surface area contributed by atoms with Crippen molar-refractivity contribution in [1.82, 2.24) is 0 Å². The van der Waals surface area contributed by atoms with Crippen LogP contribution in [0.5, 0.6) is 0 Å². The molecular formula is C14H20N2O3. The van der Waals surface area contributed by atoms with Crippen LogP contribution in [0.15, 0.2) is 24.3 Å². The first-order chi connectivity index (χ1) is 8.99. The molecule has 0 radical (unpaired) electrons. The molecule has 0 bridgehead atoms. The van der Waals surface area contributed by atoms with Gasteiger partial charge in [-0.05, 0) is 32.0 Å². The molecule has 0 aromatic heterocycles. The van der Waals surface area contributed by atoms with Gasteiger partial charge in [-0.3, -0.25) is 4.79 Å². The molecule has 0 saturated heterocycles. The molecule has 0 aliphatic heterocycles. The number of benzene rings is 1. The minimum Gasteiger partial charge on any atom is -0.372 e. The lowest BCUT2D eigenvalue weighted by Gasteiger charge is -2.24. The van der Waals surface area contributed by atoms with Crippen molar-refractivity contribution < 1.29 is 14.4 Å². The van der Waals surface area contributed by atoms with E-state index in [1.54, 1.807) is 6.07 Å². The zero-order valence-electron chi connectivity index (χ0n) is 11.8. The quantitative estimate of drug-likeness (QED) is 0.783. The zero-order chi connectivity index (χ0) is 14.4. The lowest BCUT2D eigenvalue weighted by Crippen LogP contribution is -2.31. The monoisotopic (exact) mass is 264 g/mol. The SMILES string of the molecule is CCN(CC)c1cccc(N(OC(C)=O)C(C)=O)c1. The summed E-state index contributed by atoms with van der Waals surface area (Å²) in [5, 5.41) is 1.01. The number of hydrogen-bond acceptors (Lipinski definition) is 4. The summed E-state index contributed by atoms with van der Waals surface area (Å²) < 4.78 is 0. The molecule has 1 rings (SSSR count). The topological polar surface area (TPSA) is 49.9 Å². The van der Waals surface area contributed by atoms with E-state index in [0.717, 1.165) is 23.8 Å². The van der Waals surface area contributed by atoms with Crippen LogP contribution in [0.3, 0.4) is 0 Å². The largest absolute Gasteiger partial charge is 0.372 e. The molecule has 0 spiro atoms. The molecule has 1 amide bonds. The average molecular weight is 264 g/mol. The first-order valence-corrected chi connectivity index (χ1v) is 6.33. The van der Waals surface area contributed by atoms with Crippen LogP contribution in [-0.2, 0) is 14.4 Å². The predicted octanol–water partition coefficient (Wildman–Crippen LogP) is 2.36. The lowest BCUT2D eigenvalue weighted by atomic mass is 10.2. The number of hydrogen-bond donors (Lipinski definition) is 0. The first kappa shape index (κ1) is 15.0. The van der Waals surface area contributed by atoms with Gasteiger partial charge in [-0.1, -0.05) is 6.07 Å². The van der Waals surface area contributed by atoms with Gasteiger partial charge in [0.25, 0.3) is 5.91 Å². The normalized spacial score (nSPS) is 9.89. The Kier molecular flexibility index (Phi) is 5.36. The lowest BCUT2D eigenvalue weighted by molar-refractivity contribution is -0.147. The summed E-state index contributed by atoms with van der Waals surface area (Å²) in [4.78, 5) is 29.6. The van der Waals surface area contributed by atoms with E-state index in [4.69, 9.17) is 4.84 Å².